The number of nitrogens with one attached hydrogen (secondary N) is 1. The number of carbonyl (C=O) groups excluding carboxylic acids is 4. The zero-order valence-corrected chi connectivity index (χ0v) is 19.2. The van der Waals surface area contributed by atoms with Gasteiger partial charge in [0, 0.05) is 26.1 Å². The number of hydrogen-bond acceptors (Lipinski definition) is 4. The highest BCUT2D eigenvalue weighted by Gasteiger charge is 2.47. The fourth-order valence-electron chi connectivity index (χ4n) is 4.54. The van der Waals surface area contributed by atoms with Crippen LogP contribution in [0.2, 0.25) is 0 Å². The van der Waals surface area contributed by atoms with Gasteiger partial charge in [0.1, 0.15) is 6.04 Å². The van der Waals surface area contributed by atoms with E-state index >= 15 is 0 Å². The molecule has 3 rings (SSSR count). The first-order valence-corrected chi connectivity index (χ1v) is 11.5. The molecule has 3 atom stereocenters. The monoisotopic (exact) mass is 439 g/mol. The summed E-state index contributed by atoms with van der Waals surface area (Å²) < 4.78 is 0. The standard InChI is InChI=1S/C25H33N3O4/c1-4-21(23(30)26-5-2)28(16-18-12-10-17(3)11-13-18)22(29)14-15-27-24(31)19-8-6-7-9-20(19)25(27)32/h6-7,10-13,19-21H,4-5,8-9,14-16H2,1-3H3,(H,26,30)/t19-,20+,21-/m1/s1. The van der Waals surface area contributed by atoms with Gasteiger partial charge in [-0.05, 0) is 38.7 Å². The molecule has 7 heteroatoms. The maximum Gasteiger partial charge on any atom is 0.242 e. The number of likely N-dealkylation sites (N-methyl/N-ethyl adjacent to an activating group) is 1. The number of hydrogen-bond donors (Lipinski definition) is 1. The van der Waals surface area contributed by atoms with E-state index in [2.05, 4.69) is 5.32 Å². The van der Waals surface area contributed by atoms with Crippen molar-refractivity contribution in [2.75, 3.05) is 13.1 Å². The molecule has 0 unspecified atom stereocenters. The molecular formula is C25H33N3O4. The third-order valence-corrected chi connectivity index (χ3v) is 6.36. The number of amides is 4. The smallest absolute Gasteiger partial charge is 0.242 e. The predicted molar refractivity (Wildman–Crippen MR) is 121 cm³/mol. The Morgan fingerprint density at radius 2 is 1.66 bits per heavy atom. The zero-order valence-electron chi connectivity index (χ0n) is 19.2. The highest BCUT2D eigenvalue weighted by Crippen LogP contribution is 2.35. The molecule has 1 heterocycles. The van der Waals surface area contributed by atoms with E-state index in [1.165, 1.54) is 4.90 Å². The Morgan fingerprint density at radius 3 is 2.19 bits per heavy atom. The van der Waals surface area contributed by atoms with Crippen molar-refractivity contribution >= 4 is 23.6 Å². The summed E-state index contributed by atoms with van der Waals surface area (Å²) in [5.41, 5.74) is 2.04. The lowest BCUT2D eigenvalue weighted by Crippen LogP contribution is -2.49. The minimum atomic E-state index is -0.611. The quantitative estimate of drug-likeness (QED) is 0.473. The summed E-state index contributed by atoms with van der Waals surface area (Å²) in [4.78, 5) is 54.2. The predicted octanol–water partition coefficient (Wildman–Crippen LogP) is 2.58. The fourth-order valence-corrected chi connectivity index (χ4v) is 4.54. The van der Waals surface area contributed by atoms with Crippen LogP contribution in [-0.4, -0.2) is 52.6 Å². The number of imide groups is 1. The molecule has 32 heavy (non-hydrogen) atoms. The van der Waals surface area contributed by atoms with E-state index in [0.717, 1.165) is 11.1 Å². The molecule has 172 valence electrons. The van der Waals surface area contributed by atoms with Gasteiger partial charge in [-0.2, -0.15) is 0 Å². The van der Waals surface area contributed by atoms with Gasteiger partial charge in [0.15, 0.2) is 0 Å². The molecule has 1 aromatic carbocycles. The van der Waals surface area contributed by atoms with Crippen LogP contribution in [0.3, 0.4) is 0 Å². The van der Waals surface area contributed by atoms with E-state index in [4.69, 9.17) is 0 Å². The Kier molecular flexibility index (Phi) is 7.83. The van der Waals surface area contributed by atoms with Crippen molar-refractivity contribution in [3.63, 3.8) is 0 Å². The van der Waals surface area contributed by atoms with Crippen LogP contribution < -0.4 is 5.32 Å². The molecule has 7 nitrogen and oxygen atoms in total. The van der Waals surface area contributed by atoms with E-state index in [1.807, 2.05) is 57.2 Å². The molecule has 0 aromatic heterocycles. The zero-order chi connectivity index (χ0) is 23.3. The van der Waals surface area contributed by atoms with Gasteiger partial charge in [0.25, 0.3) is 0 Å². The lowest BCUT2D eigenvalue weighted by atomic mass is 9.85. The summed E-state index contributed by atoms with van der Waals surface area (Å²) in [7, 11) is 0. The molecule has 2 aliphatic rings. The number of allylic oxidation sites excluding steroid dienone is 2. The fraction of sp³-hybridized carbons (Fsp3) is 0.520. The second kappa shape index (κ2) is 10.6. The molecule has 0 radical (unpaired) electrons. The Hall–Kier alpha value is -2.96. The van der Waals surface area contributed by atoms with Gasteiger partial charge < -0.3 is 10.2 Å². The van der Waals surface area contributed by atoms with Crippen molar-refractivity contribution in [2.24, 2.45) is 11.8 Å². The Labute approximate surface area is 189 Å². The largest absolute Gasteiger partial charge is 0.355 e. The average Bonchev–Trinajstić information content (AvgIpc) is 3.03. The van der Waals surface area contributed by atoms with Crippen LogP contribution in [0.1, 0.15) is 50.7 Å². The van der Waals surface area contributed by atoms with Crippen molar-refractivity contribution < 1.29 is 19.2 Å². The van der Waals surface area contributed by atoms with Gasteiger partial charge in [0.2, 0.25) is 23.6 Å². The van der Waals surface area contributed by atoms with E-state index in [-0.39, 0.29) is 48.4 Å². The van der Waals surface area contributed by atoms with Gasteiger partial charge in [-0.3, -0.25) is 24.1 Å². The van der Waals surface area contributed by atoms with Crippen LogP contribution in [0, 0.1) is 18.8 Å². The molecule has 1 fully saturated rings. The number of nitrogens with zero attached hydrogens (tertiary/aromatic N) is 2. The van der Waals surface area contributed by atoms with Crippen molar-refractivity contribution in [1.82, 2.24) is 15.1 Å². The van der Waals surface area contributed by atoms with E-state index in [9.17, 15) is 19.2 Å². The maximum absolute atomic E-state index is 13.3. The van der Waals surface area contributed by atoms with Gasteiger partial charge in [-0.1, -0.05) is 48.9 Å². The minimum Gasteiger partial charge on any atom is -0.355 e. The second-order valence-electron chi connectivity index (χ2n) is 8.56. The lowest BCUT2D eigenvalue weighted by molar-refractivity contribution is -0.144. The molecule has 4 amide bonds. The third kappa shape index (κ3) is 5.09. The number of carbonyl (C=O) groups is 4. The number of fused-ring (bicyclic) bond motifs is 1. The Morgan fingerprint density at radius 1 is 1.06 bits per heavy atom. The van der Waals surface area contributed by atoms with Crippen molar-refractivity contribution in [2.45, 2.75) is 59.0 Å². The third-order valence-electron chi connectivity index (χ3n) is 6.36. The molecule has 0 bridgehead atoms. The lowest BCUT2D eigenvalue weighted by Gasteiger charge is -2.31. The summed E-state index contributed by atoms with van der Waals surface area (Å²) in [6.07, 6.45) is 5.53. The van der Waals surface area contributed by atoms with Gasteiger partial charge in [-0.15, -0.1) is 0 Å². The minimum absolute atomic E-state index is 0.00607. The summed E-state index contributed by atoms with van der Waals surface area (Å²) in [6.45, 7) is 6.55. The van der Waals surface area contributed by atoms with Crippen molar-refractivity contribution in [3.05, 3.63) is 47.5 Å². The molecule has 1 aromatic rings. The molecule has 0 spiro atoms. The summed E-state index contributed by atoms with van der Waals surface area (Å²) in [5, 5.41) is 2.81. The van der Waals surface area contributed by atoms with Gasteiger partial charge in [0.05, 0.1) is 11.8 Å². The summed E-state index contributed by atoms with van der Waals surface area (Å²) in [5.74, 6) is -1.40. The molecular weight excluding hydrogens is 406 g/mol. The Bertz CT molecular complexity index is 867. The van der Waals surface area contributed by atoms with Gasteiger partial charge >= 0.3 is 0 Å². The van der Waals surface area contributed by atoms with Gasteiger partial charge in [-0.25, -0.2) is 0 Å². The first kappa shape index (κ1) is 23.7. The van der Waals surface area contributed by atoms with E-state index < -0.39 is 6.04 Å². The summed E-state index contributed by atoms with van der Waals surface area (Å²) in [6, 6.07) is 7.24. The van der Waals surface area contributed by atoms with E-state index in [1.54, 1.807) is 4.90 Å². The van der Waals surface area contributed by atoms with Crippen LogP contribution in [0.4, 0.5) is 0 Å². The molecule has 1 saturated heterocycles. The highest BCUT2D eigenvalue weighted by molar-refractivity contribution is 6.05. The number of aryl methyl sites for hydroxylation is 1. The molecule has 1 aliphatic heterocycles. The van der Waals surface area contributed by atoms with E-state index in [0.29, 0.717) is 32.4 Å². The van der Waals surface area contributed by atoms with Crippen LogP contribution in [0.15, 0.2) is 36.4 Å². The number of likely N-dealkylation sites (tertiary alicyclic amines) is 1. The molecule has 1 aliphatic carbocycles. The topological polar surface area (TPSA) is 86.8 Å². The highest BCUT2D eigenvalue weighted by atomic mass is 16.2. The number of benzene rings is 1. The molecule has 1 N–H and O–H groups in total. The number of rotatable bonds is 9. The van der Waals surface area contributed by atoms with Crippen LogP contribution in [0.25, 0.3) is 0 Å². The Balaban J connectivity index is 1.74. The van der Waals surface area contributed by atoms with Crippen LogP contribution in [-0.2, 0) is 25.7 Å². The summed E-state index contributed by atoms with van der Waals surface area (Å²) >= 11 is 0. The first-order chi connectivity index (χ1) is 15.4. The van der Waals surface area contributed by atoms with Crippen molar-refractivity contribution in [1.29, 1.82) is 0 Å². The first-order valence-electron chi connectivity index (χ1n) is 11.5. The van der Waals surface area contributed by atoms with Crippen LogP contribution >= 0.6 is 0 Å². The SMILES string of the molecule is CCNC(=O)[C@@H](CC)N(Cc1ccc(C)cc1)C(=O)CCN1C(=O)[C@H]2CC=CC[C@H]2C1=O. The maximum atomic E-state index is 13.3. The normalized spacial score (nSPS) is 20.8. The van der Waals surface area contributed by atoms with Crippen molar-refractivity contribution in [3.8, 4) is 0 Å². The second-order valence-corrected chi connectivity index (χ2v) is 8.56. The average molecular weight is 440 g/mol. The molecule has 0 saturated carbocycles. The van der Waals surface area contributed by atoms with Crippen LogP contribution in [0.5, 0.6) is 0 Å².